The quantitative estimate of drug-likeness (QED) is 0.918. The maximum Gasteiger partial charge on any atom is 0.257 e. The van der Waals surface area contributed by atoms with Crippen LogP contribution in [0.4, 0.5) is 0 Å². The molecule has 0 aromatic carbocycles. The lowest BCUT2D eigenvalue weighted by atomic mass is 10.0. The van der Waals surface area contributed by atoms with E-state index in [1.807, 2.05) is 31.0 Å². The molecule has 0 spiro atoms. The van der Waals surface area contributed by atoms with Crippen molar-refractivity contribution in [1.29, 1.82) is 0 Å². The van der Waals surface area contributed by atoms with E-state index in [1.165, 1.54) is 6.92 Å². The van der Waals surface area contributed by atoms with Crippen LogP contribution in [0.25, 0.3) is 0 Å². The fraction of sp³-hybridized carbons (Fsp3) is 0.444. The van der Waals surface area contributed by atoms with E-state index in [0.717, 1.165) is 36.3 Å². The number of hydrogen-bond acceptors (Lipinski definition) is 4. The Morgan fingerprint density at radius 1 is 1.40 bits per heavy atom. The molecule has 3 heterocycles. The van der Waals surface area contributed by atoms with Crippen LogP contribution in [-0.2, 0) is 18.4 Å². The molecule has 1 aliphatic heterocycles. The van der Waals surface area contributed by atoms with Gasteiger partial charge in [0.15, 0.2) is 0 Å². The van der Waals surface area contributed by atoms with Crippen molar-refractivity contribution >= 4 is 11.8 Å². The van der Waals surface area contributed by atoms with Gasteiger partial charge in [0.1, 0.15) is 0 Å². The molecule has 1 aliphatic rings. The number of hydrogen-bond donors (Lipinski definition) is 1. The number of pyridine rings is 1. The average Bonchev–Trinajstić information content (AvgIpc) is 3.19. The highest BCUT2D eigenvalue weighted by molar-refractivity contribution is 5.95. The molecule has 0 aliphatic carbocycles. The molecule has 3 rings (SSSR count). The molecule has 132 valence electrons. The number of amides is 2. The molecular weight excluding hydrogens is 318 g/mol. The second kappa shape index (κ2) is 7.04. The monoisotopic (exact) mass is 341 g/mol. The second-order valence-corrected chi connectivity index (χ2v) is 6.45. The zero-order valence-corrected chi connectivity index (χ0v) is 14.8. The fourth-order valence-electron chi connectivity index (χ4n) is 3.34. The van der Waals surface area contributed by atoms with Crippen molar-refractivity contribution < 1.29 is 9.59 Å². The number of carbonyl (C=O) groups excluding carboxylic acids is 2. The summed E-state index contributed by atoms with van der Waals surface area (Å²) < 4.78 is 1.67. The predicted molar refractivity (Wildman–Crippen MR) is 92.7 cm³/mol. The lowest BCUT2D eigenvalue weighted by Crippen LogP contribution is -2.31. The molecule has 0 saturated carbocycles. The Morgan fingerprint density at radius 2 is 2.20 bits per heavy atom. The molecule has 0 bridgehead atoms. The Labute approximate surface area is 147 Å². The van der Waals surface area contributed by atoms with Gasteiger partial charge in [-0.3, -0.25) is 19.3 Å². The first-order chi connectivity index (χ1) is 12.0. The van der Waals surface area contributed by atoms with Gasteiger partial charge in [0.2, 0.25) is 5.91 Å². The van der Waals surface area contributed by atoms with E-state index in [0.29, 0.717) is 12.1 Å². The van der Waals surface area contributed by atoms with Gasteiger partial charge in [-0.2, -0.15) is 5.10 Å². The standard InChI is InChI=1S/C18H23N5O2/c1-12-16(11-22(3)21-12)18(25)23-8-4-5-17(23)14-6-7-19-15(9-14)10-20-13(2)24/h6-7,9,11,17H,4-5,8,10H2,1-3H3,(H,20,24)/t17-/m0/s1. The summed E-state index contributed by atoms with van der Waals surface area (Å²) in [5.41, 5.74) is 3.26. The molecule has 0 unspecified atom stereocenters. The lowest BCUT2D eigenvalue weighted by Gasteiger charge is -2.25. The highest BCUT2D eigenvalue weighted by atomic mass is 16.2. The first kappa shape index (κ1) is 17.1. The summed E-state index contributed by atoms with van der Waals surface area (Å²) in [7, 11) is 1.82. The van der Waals surface area contributed by atoms with Crippen LogP contribution < -0.4 is 5.32 Å². The van der Waals surface area contributed by atoms with Gasteiger partial charge >= 0.3 is 0 Å². The lowest BCUT2D eigenvalue weighted by molar-refractivity contribution is -0.119. The van der Waals surface area contributed by atoms with Crippen molar-refractivity contribution in [1.82, 2.24) is 25.0 Å². The Balaban J connectivity index is 1.82. The maximum atomic E-state index is 13.0. The van der Waals surface area contributed by atoms with Crippen molar-refractivity contribution in [3.8, 4) is 0 Å². The normalized spacial score (nSPS) is 16.9. The number of nitrogens with zero attached hydrogens (tertiary/aromatic N) is 4. The number of nitrogens with one attached hydrogen (secondary N) is 1. The van der Waals surface area contributed by atoms with Crippen LogP contribution in [0, 0.1) is 6.92 Å². The minimum Gasteiger partial charge on any atom is -0.351 e. The molecule has 1 saturated heterocycles. The smallest absolute Gasteiger partial charge is 0.257 e. The zero-order valence-electron chi connectivity index (χ0n) is 14.8. The van der Waals surface area contributed by atoms with E-state index in [2.05, 4.69) is 15.4 Å². The van der Waals surface area contributed by atoms with Crippen molar-refractivity contribution in [3.63, 3.8) is 0 Å². The van der Waals surface area contributed by atoms with Crippen LogP contribution in [0.3, 0.4) is 0 Å². The van der Waals surface area contributed by atoms with Gasteiger partial charge in [-0.25, -0.2) is 0 Å². The SMILES string of the molecule is CC(=O)NCc1cc([C@@H]2CCCN2C(=O)c2cn(C)nc2C)ccn1. The summed E-state index contributed by atoms with van der Waals surface area (Å²) >= 11 is 0. The van der Waals surface area contributed by atoms with E-state index < -0.39 is 0 Å². The Hall–Kier alpha value is -2.70. The van der Waals surface area contributed by atoms with Crippen molar-refractivity contribution in [2.24, 2.45) is 7.05 Å². The van der Waals surface area contributed by atoms with Crippen molar-refractivity contribution in [2.45, 2.75) is 39.3 Å². The largest absolute Gasteiger partial charge is 0.351 e. The van der Waals surface area contributed by atoms with Gasteiger partial charge < -0.3 is 10.2 Å². The number of aromatic nitrogens is 3. The van der Waals surface area contributed by atoms with E-state index in [4.69, 9.17) is 0 Å². The number of likely N-dealkylation sites (tertiary alicyclic amines) is 1. The molecule has 1 fully saturated rings. The highest BCUT2D eigenvalue weighted by Crippen LogP contribution is 2.33. The molecule has 2 aromatic heterocycles. The zero-order chi connectivity index (χ0) is 18.0. The topological polar surface area (TPSA) is 80.1 Å². The number of carbonyl (C=O) groups is 2. The van der Waals surface area contributed by atoms with Gasteiger partial charge in [0, 0.05) is 32.9 Å². The maximum absolute atomic E-state index is 13.0. The minimum atomic E-state index is -0.0862. The van der Waals surface area contributed by atoms with E-state index in [9.17, 15) is 9.59 Å². The van der Waals surface area contributed by atoms with Crippen LogP contribution in [0.1, 0.15) is 53.1 Å². The summed E-state index contributed by atoms with van der Waals surface area (Å²) in [6, 6.07) is 3.96. The Kier molecular flexibility index (Phi) is 4.83. The van der Waals surface area contributed by atoms with Gasteiger partial charge in [-0.1, -0.05) is 0 Å². The first-order valence-electron chi connectivity index (χ1n) is 8.46. The molecule has 1 N–H and O–H groups in total. The molecular formula is C18H23N5O2. The summed E-state index contributed by atoms with van der Waals surface area (Å²) in [6.45, 7) is 4.47. The summed E-state index contributed by atoms with van der Waals surface area (Å²) in [4.78, 5) is 30.3. The molecule has 2 aromatic rings. The second-order valence-electron chi connectivity index (χ2n) is 6.45. The molecule has 0 radical (unpaired) electrons. The van der Waals surface area contributed by atoms with Crippen LogP contribution in [-0.4, -0.2) is 38.0 Å². The molecule has 2 amide bonds. The highest BCUT2D eigenvalue weighted by Gasteiger charge is 2.32. The van der Waals surface area contributed by atoms with E-state index in [1.54, 1.807) is 17.1 Å². The molecule has 1 atom stereocenters. The number of rotatable bonds is 4. The van der Waals surface area contributed by atoms with Crippen LogP contribution in [0.15, 0.2) is 24.5 Å². The van der Waals surface area contributed by atoms with E-state index in [-0.39, 0.29) is 17.9 Å². The van der Waals surface area contributed by atoms with Crippen LogP contribution in [0.5, 0.6) is 0 Å². The summed E-state index contributed by atoms with van der Waals surface area (Å²) in [6.07, 6.45) is 5.41. The minimum absolute atomic E-state index is 0.0216. The summed E-state index contributed by atoms with van der Waals surface area (Å²) in [5, 5.41) is 7.03. The van der Waals surface area contributed by atoms with Gasteiger partial charge in [0.05, 0.1) is 29.5 Å². The van der Waals surface area contributed by atoms with Crippen LogP contribution >= 0.6 is 0 Å². The number of aryl methyl sites for hydroxylation is 2. The van der Waals surface area contributed by atoms with Gasteiger partial charge in [0.25, 0.3) is 5.91 Å². The third-order valence-corrected chi connectivity index (χ3v) is 4.50. The van der Waals surface area contributed by atoms with Crippen molar-refractivity contribution in [2.75, 3.05) is 6.54 Å². The fourth-order valence-corrected chi connectivity index (χ4v) is 3.34. The first-order valence-corrected chi connectivity index (χ1v) is 8.46. The third kappa shape index (κ3) is 3.70. The van der Waals surface area contributed by atoms with Crippen molar-refractivity contribution in [3.05, 3.63) is 47.0 Å². The van der Waals surface area contributed by atoms with E-state index >= 15 is 0 Å². The average molecular weight is 341 g/mol. The predicted octanol–water partition coefficient (Wildman–Crippen LogP) is 1.74. The Bertz CT molecular complexity index is 799. The Morgan fingerprint density at radius 3 is 2.88 bits per heavy atom. The molecule has 25 heavy (non-hydrogen) atoms. The third-order valence-electron chi connectivity index (χ3n) is 4.50. The summed E-state index contributed by atoms with van der Waals surface area (Å²) in [5.74, 6) is -0.0646. The van der Waals surface area contributed by atoms with Gasteiger partial charge in [-0.15, -0.1) is 0 Å². The van der Waals surface area contributed by atoms with Crippen LogP contribution in [0.2, 0.25) is 0 Å². The molecule has 7 heteroatoms. The van der Waals surface area contributed by atoms with Gasteiger partial charge in [-0.05, 0) is 37.5 Å². The molecule has 7 nitrogen and oxygen atoms in total.